The van der Waals surface area contributed by atoms with E-state index < -0.39 is 0 Å². The molecular formula is C12H22N2S. The summed E-state index contributed by atoms with van der Waals surface area (Å²) in [4.78, 5) is 3.31. The lowest BCUT2D eigenvalue weighted by Crippen LogP contribution is -2.36. The van der Waals surface area contributed by atoms with Gasteiger partial charge in [-0.2, -0.15) is 0 Å². The van der Waals surface area contributed by atoms with Gasteiger partial charge in [0.2, 0.25) is 0 Å². The zero-order valence-electron chi connectivity index (χ0n) is 9.45. The number of likely N-dealkylation sites (tertiary alicyclic amines) is 1. The Morgan fingerprint density at radius 3 is 2.60 bits per heavy atom. The molecule has 2 rings (SSSR count). The Labute approximate surface area is 98.2 Å². The van der Waals surface area contributed by atoms with Crippen LogP contribution in [-0.4, -0.2) is 29.0 Å². The van der Waals surface area contributed by atoms with Gasteiger partial charge in [0, 0.05) is 19.0 Å². The normalized spacial score (nSPS) is 28.7. The van der Waals surface area contributed by atoms with Crippen molar-refractivity contribution in [1.29, 1.82) is 0 Å². The van der Waals surface area contributed by atoms with Gasteiger partial charge in [0.25, 0.3) is 0 Å². The predicted octanol–water partition coefficient (Wildman–Crippen LogP) is 2.32. The van der Waals surface area contributed by atoms with E-state index in [-0.39, 0.29) is 0 Å². The van der Waals surface area contributed by atoms with Crippen molar-refractivity contribution in [1.82, 2.24) is 4.90 Å². The van der Waals surface area contributed by atoms with Crippen LogP contribution in [0.15, 0.2) is 0 Å². The molecule has 86 valence electrons. The van der Waals surface area contributed by atoms with Crippen LogP contribution in [0.1, 0.15) is 44.9 Å². The van der Waals surface area contributed by atoms with Crippen molar-refractivity contribution in [2.75, 3.05) is 13.1 Å². The molecule has 1 heterocycles. The van der Waals surface area contributed by atoms with Crippen LogP contribution < -0.4 is 5.73 Å². The van der Waals surface area contributed by atoms with Crippen molar-refractivity contribution in [3.8, 4) is 0 Å². The SMILES string of the molecule is NC(=S)CCN1CCCC1C1CCCC1. The Hall–Kier alpha value is -0.150. The van der Waals surface area contributed by atoms with Gasteiger partial charge >= 0.3 is 0 Å². The van der Waals surface area contributed by atoms with E-state index in [1.807, 2.05) is 0 Å². The summed E-state index contributed by atoms with van der Waals surface area (Å²) >= 11 is 4.95. The van der Waals surface area contributed by atoms with Crippen LogP contribution in [-0.2, 0) is 0 Å². The second-order valence-corrected chi connectivity index (χ2v) is 5.53. The minimum absolute atomic E-state index is 0.673. The lowest BCUT2D eigenvalue weighted by atomic mass is 9.96. The van der Waals surface area contributed by atoms with Gasteiger partial charge in [0.15, 0.2) is 0 Å². The van der Waals surface area contributed by atoms with E-state index >= 15 is 0 Å². The molecule has 2 nitrogen and oxygen atoms in total. The van der Waals surface area contributed by atoms with Crippen LogP contribution in [0.4, 0.5) is 0 Å². The molecule has 1 saturated heterocycles. The Balaban J connectivity index is 1.84. The standard InChI is InChI=1S/C12H22N2S/c13-12(15)7-9-14-8-3-6-11(14)10-4-1-2-5-10/h10-11H,1-9H2,(H2,13,15). The molecule has 1 unspecified atom stereocenters. The van der Waals surface area contributed by atoms with Gasteiger partial charge in [0.05, 0.1) is 4.99 Å². The summed E-state index contributed by atoms with van der Waals surface area (Å²) in [6.45, 7) is 2.36. The molecular weight excluding hydrogens is 204 g/mol. The highest BCUT2D eigenvalue weighted by Gasteiger charge is 2.32. The second kappa shape index (κ2) is 5.26. The molecule has 1 aliphatic carbocycles. The first kappa shape index (κ1) is 11.3. The van der Waals surface area contributed by atoms with Crippen LogP contribution in [0, 0.1) is 5.92 Å². The summed E-state index contributed by atoms with van der Waals surface area (Å²) in [6, 6.07) is 0.849. The van der Waals surface area contributed by atoms with Crippen molar-refractivity contribution < 1.29 is 0 Å². The summed E-state index contributed by atoms with van der Waals surface area (Å²) in [5.74, 6) is 0.971. The third-order valence-corrected chi connectivity index (χ3v) is 4.21. The molecule has 0 aromatic carbocycles. The molecule has 0 spiro atoms. The molecule has 0 radical (unpaired) electrons. The third-order valence-electron chi connectivity index (χ3n) is 4.00. The van der Waals surface area contributed by atoms with Gasteiger partial charge in [-0.15, -0.1) is 0 Å². The second-order valence-electron chi connectivity index (χ2n) is 5.01. The average Bonchev–Trinajstić information content (AvgIpc) is 2.85. The van der Waals surface area contributed by atoms with Crippen molar-refractivity contribution >= 4 is 17.2 Å². The summed E-state index contributed by atoms with van der Waals surface area (Å²) in [7, 11) is 0. The Kier molecular flexibility index (Phi) is 3.98. The van der Waals surface area contributed by atoms with Gasteiger partial charge < -0.3 is 5.73 Å². The molecule has 1 atom stereocenters. The fraction of sp³-hybridized carbons (Fsp3) is 0.917. The lowest BCUT2D eigenvalue weighted by Gasteiger charge is -2.29. The lowest BCUT2D eigenvalue weighted by molar-refractivity contribution is 0.195. The Bertz CT molecular complexity index is 224. The Morgan fingerprint density at radius 2 is 1.93 bits per heavy atom. The minimum Gasteiger partial charge on any atom is -0.393 e. The van der Waals surface area contributed by atoms with Crippen LogP contribution in [0.3, 0.4) is 0 Å². The predicted molar refractivity (Wildman–Crippen MR) is 68.0 cm³/mol. The first-order chi connectivity index (χ1) is 7.27. The molecule has 1 aliphatic heterocycles. The van der Waals surface area contributed by atoms with E-state index in [2.05, 4.69) is 4.90 Å². The summed E-state index contributed by atoms with van der Waals surface area (Å²) in [6.07, 6.45) is 9.48. The van der Waals surface area contributed by atoms with Crippen molar-refractivity contribution in [2.24, 2.45) is 11.7 Å². The van der Waals surface area contributed by atoms with E-state index in [0.717, 1.165) is 24.9 Å². The van der Waals surface area contributed by atoms with E-state index in [1.54, 1.807) is 0 Å². The van der Waals surface area contributed by atoms with E-state index in [0.29, 0.717) is 4.99 Å². The molecule has 0 aromatic heterocycles. The van der Waals surface area contributed by atoms with Crippen LogP contribution in [0.2, 0.25) is 0 Å². The van der Waals surface area contributed by atoms with Crippen LogP contribution in [0.5, 0.6) is 0 Å². The zero-order valence-corrected chi connectivity index (χ0v) is 10.3. The number of thiocarbonyl (C=S) groups is 1. The fourth-order valence-electron chi connectivity index (χ4n) is 3.26. The summed E-state index contributed by atoms with van der Waals surface area (Å²) in [5.41, 5.74) is 5.57. The molecule has 2 aliphatic rings. The van der Waals surface area contributed by atoms with Crippen molar-refractivity contribution in [3.05, 3.63) is 0 Å². The highest BCUT2D eigenvalue weighted by Crippen LogP contribution is 2.35. The van der Waals surface area contributed by atoms with Crippen LogP contribution in [0.25, 0.3) is 0 Å². The molecule has 0 amide bonds. The number of hydrogen-bond acceptors (Lipinski definition) is 2. The maximum absolute atomic E-state index is 5.57. The van der Waals surface area contributed by atoms with Gasteiger partial charge in [-0.3, -0.25) is 4.90 Å². The molecule has 0 bridgehead atoms. The first-order valence-corrected chi connectivity index (χ1v) is 6.70. The highest BCUT2D eigenvalue weighted by molar-refractivity contribution is 7.80. The topological polar surface area (TPSA) is 29.3 Å². The number of hydrogen-bond donors (Lipinski definition) is 1. The third kappa shape index (κ3) is 2.91. The van der Waals surface area contributed by atoms with Gasteiger partial charge in [-0.1, -0.05) is 25.1 Å². The molecule has 2 N–H and O–H groups in total. The van der Waals surface area contributed by atoms with Gasteiger partial charge in [0.1, 0.15) is 0 Å². The monoisotopic (exact) mass is 226 g/mol. The molecule has 3 heteroatoms. The average molecular weight is 226 g/mol. The number of nitrogens with two attached hydrogens (primary N) is 1. The van der Waals surface area contributed by atoms with Crippen molar-refractivity contribution in [2.45, 2.75) is 51.0 Å². The highest BCUT2D eigenvalue weighted by atomic mass is 32.1. The van der Waals surface area contributed by atoms with Gasteiger partial charge in [-0.05, 0) is 38.1 Å². The first-order valence-electron chi connectivity index (χ1n) is 6.30. The largest absolute Gasteiger partial charge is 0.393 e. The molecule has 2 fully saturated rings. The fourth-order valence-corrected chi connectivity index (χ4v) is 3.35. The summed E-state index contributed by atoms with van der Waals surface area (Å²) < 4.78 is 0. The van der Waals surface area contributed by atoms with E-state index in [4.69, 9.17) is 18.0 Å². The van der Waals surface area contributed by atoms with Gasteiger partial charge in [-0.25, -0.2) is 0 Å². The van der Waals surface area contributed by atoms with Crippen LogP contribution >= 0.6 is 12.2 Å². The smallest absolute Gasteiger partial charge is 0.0740 e. The maximum atomic E-state index is 5.57. The number of rotatable bonds is 4. The summed E-state index contributed by atoms with van der Waals surface area (Å²) in [5, 5.41) is 0. The van der Waals surface area contributed by atoms with E-state index in [1.165, 1.54) is 45.1 Å². The minimum atomic E-state index is 0.673. The quantitative estimate of drug-likeness (QED) is 0.746. The Morgan fingerprint density at radius 1 is 1.20 bits per heavy atom. The molecule has 1 saturated carbocycles. The molecule has 0 aromatic rings. The zero-order chi connectivity index (χ0) is 10.7. The van der Waals surface area contributed by atoms with E-state index in [9.17, 15) is 0 Å². The maximum Gasteiger partial charge on any atom is 0.0740 e. The van der Waals surface area contributed by atoms with Crippen molar-refractivity contribution in [3.63, 3.8) is 0 Å². The molecule has 15 heavy (non-hydrogen) atoms. The number of nitrogens with zero attached hydrogens (tertiary/aromatic N) is 1.